The highest BCUT2D eigenvalue weighted by atomic mass is 16.5. The number of carbonyl (C=O) groups excluding carboxylic acids is 2. The van der Waals surface area contributed by atoms with E-state index in [9.17, 15) is 9.59 Å². The molecule has 2 aliphatic rings. The summed E-state index contributed by atoms with van der Waals surface area (Å²) in [5, 5.41) is 0. The summed E-state index contributed by atoms with van der Waals surface area (Å²) in [5.74, 6) is -0.253. The van der Waals surface area contributed by atoms with Gasteiger partial charge in [0.05, 0.1) is 12.5 Å². The Balaban J connectivity index is 1.60. The van der Waals surface area contributed by atoms with Crippen LogP contribution < -0.4 is 5.73 Å². The Bertz CT molecular complexity index is 1260. The van der Waals surface area contributed by atoms with Crippen LogP contribution >= 0.6 is 0 Å². The highest BCUT2D eigenvalue weighted by Gasteiger charge is 2.57. The van der Waals surface area contributed by atoms with Crippen LogP contribution in [0.1, 0.15) is 55.5 Å². The molecule has 1 fully saturated rings. The fourth-order valence-electron chi connectivity index (χ4n) is 6.46. The van der Waals surface area contributed by atoms with Crippen LogP contribution in [0, 0.1) is 11.3 Å². The van der Waals surface area contributed by atoms with Crippen LogP contribution in [0.2, 0.25) is 0 Å². The van der Waals surface area contributed by atoms with Gasteiger partial charge < -0.3 is 10.5 Å². The van der Waals surface area contributed by atoms with Crippen molar-refractivity contribution in [2.75, 3.05) is 12.8 Å². The Kier molecular flexibility index (Phi) is 5.35. The van der Waals surface area contributed by atoms with Gasteiger partial charge in [-0.2, -0.15) is 0 Å². The van der Waals surface area contributed by atoms with E-state index in [4.69, 9.17) is 10.5 Å². The number of hydrogen-bond acceptors (Lipinski definition) is 4. The van der Waals surface area contributed by atoms with Gasteiger partial charge in [-0.15, -0.1) is 0 Å². The predicted molar refractivity (Wildman–Crippen MR) is 135 cm³/mol. The van der Waals surface area contributed by atoms with Crippen molar-refractivity contribution >= 4 is 17.4 Å². The van der Waals surface area contributed by atoms with Gasteiger partial charge in [0, 0.05) is 23.2 Å². The Morgan fingerprint density at radius 2 is 1.56 bits per heavy atom. The zero-order chi connectivity index (χ0) is 24.1. The van der Waals surface area contributed by atoms with Crippen molar-refractivity contribution in [2.24, 2.45) is 11.3 Å². The molecular formula is C30H31NO3. The lowest BCUT2D eigenvalue weighted by molar-refractivity contribution is -0.160. The minimum absolute atomic E-state index is 0.0622. The number of hydrogen-bond donors (Lipinski definition) is 1. The zero-order valence-corrected chi connectivity index (χ0v) is 20.1. The molecule has 1 saturated carbocycles. The van der Waals surface area contributed by atoms with Crippen LogP contribution in [-0.4, -0.2) is 18.9 Å². The molecular weight excluding hydrogens is 422 g/mol. The Labute approximate surface area is 201 Å². The van der Waals surface area contributed by atoms with Crippen LogP contribution in [0.25, 0.3) is 22.3 Å². The van der Waals surface area contributed by atoms with Crippen molar-refractivity contribution in [3.63, 3.8) is 0 Å². The third kappa shape index (κ3) is 3.35. The lowest BCUT2D eigenvalue weighted by Gasteiger charge is -2.53. The number of carbonyl (C=O) groups is 2. The van der Waals surface area contributed by atoms with Crippen molar-refractivity contribution in [1.82, 2.24) is 0 Å². The van der Waals surface area contributed by atoms with E-state index in [1.54, 1.807) is 0 Å². The minimum Gasteiger partial charge on any atom is -0.469 e. The number of Topliss-reactive ketones (excluding diaryl/α,β-unsaturated/α-hetero) is 1. The highest BCUT2D eigenvalue weighted by Crippen LogP contribution is 2.58. The van der Waals surface area contributed by atoms with Gasteiger partial charge >= 0.3 is 5.97 Å². The van der Waals surface area contributed by atoms with Crippen LogP contribution in [0.4, 0.5) is 5.69 Å². The molecule has 34 heavy (non-hydrogen) atoms. The predicted octanol–water partition coefficient (Wildman–Crippen LogP) is 6.43. The Morgan fingerprint density at radius 1 is 0.912 bits per heavy atom. The first-order chi connectivity index (χ1) is 16.3. The molecule has 3 aromatic rings. The molecule has 0 amide bonds. The summed E-state index contributed by atoms with van der Waals surface area (Å²) in [6.45, 7) is 4.18. The molecule has 3 atom stereocenters. The maximum atomic E-state index is 13.3. The average Bonchev–Trinajstić information content (AvgIpc) is 2.85. The summed E-state index contributed by atoms with van der Waals surface area (Å²) in [6, 6.07) is 22.6. The van der Waals surface area contributed by atoms with Gasteiger partial charge in [0.15, 0.2) is 5.78 Å². The first-order valence-electron chi connectivity index (χ1n) is 12.0. The molecule has 4 heteroatoms. The number of ether oxygens (including phenoxy) is 1. The summed E-state index contributed by atoms with van der Waals surface area (Å²) in [4.78, 5) is 26.1. The van der Waals surface area contributed by atoms with Crippen molar-refractivity contribution in [2.45, 2.75) is 44.9 Å². The maximum absolute atomic E-state index is 13.3. The van der Waals surface area contributed by atoms with Crippen molar-refractivity contribution in [3.8, 4) is 22.3 Å². The molecule has 4 nitrogen and oxygen atoms in total. The number of anilines is 1. The van der Waals surface area contributed by atoms with Gasteiger partial charge in [0.25, 0.3) is 0 Å². The van der Waals surface area contributed by atoms with Gasteiger partial charge in [-0.1, -0.05) is 67.9 Å². The molecule has 1 unspecified atom stereocenters. The van der Waals surface area contributed by atoms with E-state index in [2.05, 4.69) is 49.4 Å². The SMILES string of the molecule is COC(=O)[C@]1(C)CCC[C@]2(C)c3cc(-c4ccc(-c5ccccc5)cc4)c(N)cc3C(=O)CC12. The molecule has 0 aliphatic heterocycles. The van der Waals surface area contributed by atoms with Crippen LogP contribution in [0.3, 0.4) is 0 Å². The molecule has 3 aromatic carbocycles. The van der Waals surface area contributed by atoms with E-state index in [1.165, 1.54) is 7.11 Å². The zero-order valence-electron chi connectivity index (χ0n) is 20.1. The standard InChI is InChI=1S/C30H31NO3/c1-29-14-7-15-30(2,28(33)34-3)27(29)18-26(32)23-17-25(31)22(16-24(23)29)21-12-10-20(11-13-21)19-8-5-4-6-9-19/h4-6,8-13,16-17,27H,7,14-15,18,31H2,1-3H3/t27?,29-,30-/m1/s1. The fraction of sp³-hybridized carbons (Fsp3) is 0.333. The van der Waals surface area contributed by atoms with Crippen molar-refractivity contribution in [1.29, 1.82) is 0 Å². The van der Waals surface area contributed by atoms with Crippen LogP contribution in [0.15, 0.2) is 66.7 Å². The fourth-order valence-corrected chi connectivity index (χ4v) is 6.46. The first-order valence-corrected chi connectivity index (χ1v) is 12.0. The quantitative estimate of drug-likeness (QED) is 0.367. The van der Waals surface area contributed by atoms with E-state index >= 15 is 0 Å². The van der Waals surface area contributed by atoms with E-state index in [-0.39, 0.29) is 23.1 Å². The molecule has 0 saturated heterocycles. The molecule has 2 aliphatic carbocycles. The third-order valence-corrected chi connectivity index (χ3v) is 8.38. The lowest BCUT2D eigenvalue weighted by atomic mass is 9.49. The number of nitrogens with two attached hydrogens (primary N) is 1. The van der Waals surface area contributed by atoms with Crippen molar-refractivity contribution in [3.05, 3.63) is 77.9 Å². The van der Waals surface area contributed by atoms with Gasteiger partial charge in [0.1, 0.15) is 0 Å². The smallest absolute Gasteiger partial charge is 0.311 e. The van der Waals surface area contributed by atoms with E-state index < -0.39 is 5.41 Å². The third-order valence-electron chi connectivity index (χ3n) is 8.38. The molecule has 0 radical (unpaired) electrons. The van der Waals surface area contributed by atoms with Gasteiger partial charge in [-0.25, -0.2) is 0 Å². The molecule has 5 rings (SSSR count). The Morgan fingerprint density at radius 3 is 2.24 bits per heavy atom. The Hall–Kier alpha value is -3.40. The van der Waals surface area contributed by atoms with Crippen molar-refractivity contribution < 1.29 is 14.3 Å². The van der Waals surface area contributed by atoms with E-state index in [0.29, 0.717) is 17.7 Å². The second-order valence-electron chi connectivity index (χ2n) is 10.3. The lowest BCUT2D eigenvalue weighted by Crippen LogP contribution is -2.53. The molecule has 0 heterocycles. The molecule has 174 valence electrons. The summed E-state index contributed by atoms with van der Waals surface area (Å²) < 4.78 is 5.20. The molecule has 0 spiro atoms. The van der Waals surface area contributed by atoms with Gasteiger partial charge in [-0.3, -0.25) is 9.59 Å². The van der Waals surface area contributed by atoms with Gasteiger partial charge in [0.2, 0.25) is 0 Å². The second-order valence-corrected chi connectivity index (χ2v) is 10.3. The maximum Gasteiger partial charge on any atom is 0.311 e. The number of rotatable bonds is 3. The van der Waals surface area contributed by atoms with Gasteiger partial charge in [-0.05, 0) is 65.5 Å². The monoisotopic (exact) mass is 453 g/mol. The summed E-state index contributed by atoms with van der Waals surface area (Å²) in [5.41, 5.74) is 12.1. The number of esters is 1. The molecule has 0 bridgehead atoms. The average molecular weight is 454 g/mol. The minimum atomic E-state index is -0.673. The number of nitrogen functional groups attached to an aromatic ring is 1. The normalized spacial score (nSPS) is 25.9. The molecule has 2 N–H and O–H groups in total. The molecule has 0 aromatic heterocycles. The first kappa shape index (κ1) is 22.4. The van der Waals surface area contributed by atoms with Crippen LogP contribution in [-0.2, 0) is 14.9 Å². The van der Waals surface area contributed by atoms with E-state index in [1.807, 2.05) is 31.2 Å². The summed E-state index contributed by atoms with van der Waals surface area (Å²) in [7, 11) is 1.44. The number of fused-ring (bicyclic) bond motifs is 3. The highest BCUT2D eigenvalue weighted by molar-refractivity contribution is 6.02. The number of ketones is 1. The number of methoxy groups -OCH3 is 1. The summed E-state index contributed by atoms with van der Waals surface area (Å²) >= 11 is 0. The number of benzene rings is 3. The topological polar surface area (TPSA) is 69.4 Å². The second kappa shape index (κ2) is 8.12. The summed E-state index contributed by atoms with van der Waals surface area (Å²) in [6.07, 6.45) is 2.93. The van der Waals surface area contributed by atoms with Crippen LogP contribution in [0.5, 0.6) is 0 Å². The van der Waals surface area contributed by atoms with E-state index in [0.717, 1.165) is 47.1 Å². The largest absolute Gasteiger partial charge is 0.469 e.